The number of rotatable bonds is 6. The van der Waals surface area contributed by atoms with Gasteiger partial charge in [-0.2, -0.15) is 0 Å². The van der Waals surface area contributed by atoms with Crippen LogP contribution in [0.2, 0.25) is 0 Å². The van der Waals surface area contributed by atoms with Gasteiger partial charge in [-0.1, -0.05) is 19.4 Å². The fraction of sp³-hybridized carbons (Fsp3) is 0.308. The van der Waals surface area contributed by atoms with Gasteiger partial charge in [0.1, 0.15) is 6.04 Å². The average Bonchev–Trinajstić information content (AvgIpc) is 2.37. The Balaban J connectivity index is 2.55. The first-order valence-electron chi connectivity index (χ1n) is 5.75. The van der Waals surface area contributed by atoms with Gasteiger partial charge in [-0.3, -0.25) is 9.78 Å². The van der Waals surface area contributed by atoms with Crippen molar-refractivity contribution in [2.75, 3.05) is 0 Å². The molecule has 1 amide bonds. The Morgan fingerprint density at radius 1 is 1.56 bits per heavy atom. The lowest BCUT2D eigenvalue weighted by atomic mass is 10.1. The molecule has 5 heteroatoms. The maximum Gasteiger partial charge on any atom is 0.326 e. The second-order valence-electron chi connectivity index (χ2n) is 3.81. The number of nitrogens with one attached hydrogen (secondary N) is 1. The molecule has 0 spiro atoms. The number of nitrogens with zero attached hydrogens (tertiary/aromatic N) is 1. The second kappa shape index (κ2) is 7.21. The van der Waals surface area contributed by atoms with Crippen LogP contribution in [0.25, 0.3) is 6.08 Å². The molecule has 1 aromatic rings. The van der Waals surface area contributed by atoms with Crippen LogP contribution in [0.1, 0.15) is 25.3 Å². The number of hydrogen-bond donors (Lipinski definition) is 2. The molecule has 0 fully saturated rings. The van der Waals surface area contributed by atoms with Gasteiger partial charge in [0.2, 0.25) is 5.91 Å². The lowest BCUT2D eigenvalue weighted by Gasteiger charge is -2.11. The van der Waals surface area contributed by atoms with Gasteiger partial charge in [0.25, 0.3) is 0 Å². The molecule has 0 saturated carbocycles. The predicted octanol–water partition coefficient (Wildman–Crippen LogP) is 1.46. The van der Waals surface area contributed by atoms with Crippen LogP contribution in [0.3, 0.4) is 0 Å². The normalized spacial score (nSPS) is 12.3. The summed E-state index contributed by atoms with van der Waals surface area (Å²) in [5.74, 6) is -1.43. The van der Waals surface area contributed by atoms with Crippen LogP contribution in [0.4, 0.5) is 0 Å². The molecule has 2 N–H and O–H groups in total. The molecular formula is C13H16N2O3. The third kappa shape index (κ3) is 4.78. The van der Waals surface area contributed by atoms with Gasteiger partial charge < -0.3 is 10.4 Å². The van der Waals surface area contributed by atoms with E-state index >= 15 is 0 Å². The minimum absolute atomic E-state index is 0.417. The lowest BCUT2D eigenvalue weighted by molar-refractivity contribution is -0.141. The monoisotopic (exact) mass is 248 g/mol. The highest BCUT2D eigenvalue weighted by Gasteiger charge is 2.17. The number of amides is 1. The fourth-order valence-electron chi connectivity index (χ4n) is 1.41. The first-order valence-corrected chi connectivity index (χ1v) is 5.75. The van der Waals surface area contributed by atoms with Crippen molar-refractivity contribution in [2.45, 2.75) is 25.8 Å². The first-order chi connectivity index (χ1) is 8.63. The summed E-state index contributed by atoms with van der Waals surface area (Å²) in [6, 6.07) is 2.73. The van der Waals surface area contributed by atoms with E-state index in [0.29, 0.717) is 12.8 Å². The molecule has 0 radical (unpaired) electrons. The highest BCUT2D eigenvalue weighted by molar-refractivity contribution is 5.94. The van der Waals surface area contributed by atoms with Gasteiger partial charge in [0.05, 0.1) is 0 Å². The van der Waals surface area contributed by atoms with E-state index in [1.807, 2.05) is 6.92 Å². The molecule has 18 heavy (non-hydrogen) atoms. The predicted molar refractivity (Wildman–Crippen MR) is 67.7 cm³/mol. The molecule has 0 saturated heterocycles. The van der Waals surface area contributed by atoms with E-state index in [2.05, 4.69) is 10.3 Å². The molecule has 1 heterocycles. The van der Waals surface area contributed by atoms with E-state index in [0.717, 1.165) is 5.56 Å². The summed E-state index contributed by atoms with van der Waals surface area (Å²) in [4.78, 5) is 26.3. The Morgan fingerprint density at radius 2 is 2.33 bits per heavy atom. The second-order valence-corrected chi connectivity index (χ2v) is 3.81. The van der Waals surface area contributed by atoms with Gasteiger partial charge in [-0.05, 0) is 24.1 Å². The summed E-state index contributed by atoms with van der Waals surface area (Å²) in [5, 5.41) is 11.3. The van der Waals surface area contributed by atoms with Crippen molar-refractivity contribution in [1.29, 1.82) is 0 Å². The number of carboxylic acids is 1. The van der Waals surface area contributed by atoms with Crippen LogP contribution in [0.5, 0.6) is 0 Å². The fourth-order valence-corrected chi connectivity index (χ4v) is 1.41. The van der Waals surface area contributed by atoms with Crippen molar-refractivity contribution in [2.24, 2.45) is 0 Å². The van der Waals surface area contributed by atoms with Crippen LogP contribution in [-0.2, 0) is 9.59 Å². The number of carbonyl (C=O) groups is 2. The lowest BCUT2D eigenvalue weighted by Crippen LogP contribution is -2.39. The van der Waals surface area contributed by atoms with Crippen molar-refractivity contribution < 1.29 is 14.7 Å². The molecule has 0 aliphatic heterocycles. The summed E-state index contributed by atoms with van der Waals surface area (Å²) in [5.41, 5.74) is 0.787. The van der Waals surface area contributed by atoms with E-state index < -0.39 is 17.9 Å². The molecule has 1 atom stereocenters. The zero-order chi connectivity index (χ0) is 13.4. The molecule has 1 rings (SSSR count). The topological polar surface area (TPSA) is 79.3 Å². The molecule has 0 bridgehead atoms. The SMILES string of the molecule is CCC[C@H](NC(=O)/C=C/c1cccnc1)C(=O)O. The maximum absolute atomic E-state index is 11.5. The molecule has 0 aliphatic rings. The van der Waals surface area contributed by atoms with Gasteiger partial charge in [-0.15, -0.1) is 0 Å². The Labute approximate surface area is 106 Å². The number of carbonyl (C=O) groups excluding carboxylic acids is 1. The van der Waals surface area contributed by atoms with Crippen LogP contribution in [0, 0.1) is 0 Å². The summed E-state index contributed by atoms with van der Waals surface area (Å²) >= 11 is 0. The Kier molecular flexibility index (Phi) is 5.57. The summed E-state index contributed by atoms with van der Waals surface area (Å²) < 4.78 is 0. The van der Waals surface area contributed by atoms with E-state index in [1.165, 1.54) is 6.08 Å². The third-order valence-corrected chi connectivity index (χ3v) is 2.30. The Hall–Kier alpha value is -2.17. The molecular weight excluding hydrogens is 232 g/mol. The van der Waals surface area contributed by atoms with Crippen molar-refractivity contribution in [3.8, 4) is 0 Å². The van der Waals surface area contributed by atoms with Crippen LogP contribution in [-0.4, -0.2) is 28.0 Å². The number of carboxylic acid groups (broad SMARTS) is 1. The molecule has 0 unspecified atom stereocenters. The van der Waals surface area contributed by atoms with E-state index in [1.54, 1.807) is 30.6 Å². The molecule has 5 nitrogen and oxygen atoms in total. The van der Waals surface area contributed by atoms with Gasteiger partial charge in [0, 0.05) is 18.5 Å². The maximum atomic E-state index is 11.5. The van der Waals surface area contributed by atoms with Gasteiger partial charge >= 0.3 is 5.97 Å². The minimum atomic E-state index is -1.01. The van der Waals surface area contributed by atoms with Crippen LogP contribution >= 0.6 is 0 Å². The third-order valence-electron chi connectivity index (χ3n) is 2.30. The van der Waals surface area contributed by atoms with E-state index in [9.17, 15) is 9.59 Å². The first kappa shape index (κ1) is 13.9. The Bertz CT molecular complexity index is 429. The summed E-state index contributed by atoms with van der Waals surface area (Å²) in [7, 11) is 0. The number of hydrogen-bond acceptors (Lipinski definition) is 3. The highest BCUT2D eigenvalue weighted by Crippen LogP contribution is 2.00. The van der Waals surface area contributed by atoms with Gasteiger partial charge in [-0.25, -0.2) is 4.79 Å². The largest absolute Gasteiger partial charge is 0.480 e. The molecule has 96 valence electrons. The number of aliphatic carboxylic acids is 1. The standard InChI is InChI=1S/C13H16N2O3/c1-2-4-11(13(17)18)15-12(16)7-6-10-5-3-8-14-9-10/h3,5-9,11H,2,4H2,1H3,(H,15,16)(H,17,18)/b7-6+/t11-/m0/s1. The van der Waals surface area contributed by atoms with Crippen LogP contribution < -0.4 is 5.32 Å². The molecule has 1 aromatic heterocycles. The van der Waals surface area contributed by atoms with Crippen LogP contribution in [0.15, 0.2) is 30.6 Å². The Morgan fingerprint density at radius 3 is 2.89 bits per heavy atom. The van der Waals surface area contributed by atoms with Crippen molar-refractivity contribution >= 4 is 18.0 Å². The van der Waals surface area contributed by atoms with Crippen molar-refractivity contribution in [3.63, 3.8) is 0 Å². The highest BCUT2D eigenvalue weighted by atomic mass is 16.4. The molecule has 0 aromatic carbocycles. The van der Waals surface area contributed by atoms with Crippen molar-refractivity contribution in [3.05, 3.63) is 36.2 Å². The quantitative estimate of drug-likeness (QED) is 0.747. The zero-order valence-electron chi connectivity index (χ0n) is 10.2. The van der Waals surface area contributed by atoms with Gasteiger partial charge in [0.15, 0.2) is 0 Å². The summed E-state index contributed by atoms with van der Waals surface area (Å²) in [6.45, 7) is 1.87. The number of pyridine rings is 1. The van der Waals surface area contributed by atoms with Crippen molar-refractivity contribution in [1.82, 2.24) is 10.3 Å². The van der Waals surface area contributed by atoms with E-state index in [-0.39, 0.29) is 0 Å². The summed E-state index contributed by atoms with van der Waals surface area (Å²) in [6.07, 6.45) is 7.27. The smallest absolute Gasteiger partial charge is 0.326 e. The molecule has 0 aliphatic carbocycles. The van der Waals surface area contributed by atoms with E-state index in [4.69, 9.17) is 5.11 Å². The number of aromatic nitrogens is 1. The minimum Gasteiger partial charge on any atom is -0.480 e. The zero-order valence-corrected chi connectivity index (χ0v) is 10.2. The average molecular weight is 248 g/mol.